The fraction of sp³-hybridized carbons (Fsp3) is 0.250. The van der Waals surface area contributed by atoms with Gasteiger partial charge in [-0.15, -0.1) is 12.4 Å². The molecule has 1 saturated heterocycles. The Morgan fingerprint density at radius 3 is 2.52 bits per heavy atom. The molecule has 21 heavy (non-hydrogen) atoms. The molecule has 1 heterocycles. The van der Waals surface area contributed by atoms with E-state index in [1.54, 1.807) is 0 Å². The molecule has 112 valence electrons. The SMILES string of the molecule is Cl.Clc1ccc(-c2cccc(NC3CCNC3)c2)cc1Cl. The molecule has 2 aromatic rings. The van der Waals surface area contributed by atoms with Gasteiger partial charge < -0.3 is 10.6 Å². The molecule has 1 aliphatic heterocycles. The van der Waals surface area contributed by atoms with E-state index in [4.69, 9.17) is 23.2 Å². The van der Waals surface area contributed by atoms with Gasteiger partial charge in [-0.05, 0) is 48.4 Å². The summed E-state index contributed by atoms with van der Waals surface area (Å²) in [6, 6.07) is 14.6. The molecule has 1 aliphatic rings. The summed E-state index contributed by atoms with van der Waals surface area (Å²) in [6.45, 7) is 2.11. The van der Waals surface area contributed by atoms with Gasteiger partial charge in [0, 0.05) is 18.3 Å². The molecular formula is C16H17Cl3N2. The third-order valence-corrected chi connectivity index (χ3v) is 4.29. The summed E-state index contributed by atoms with van der Waals surface area (Å²) in [6.07, 6.45) is 1.16. The minimum atomic E-state index is 0. The highest BCUT2D eigenvalue weighted by molar-refractivity contribution is 6.42. The van der Waals surface area contributed by atoms with E-state index in [0.717, 1.165) is 36.3 Å². The Morgan fingerprint density at radius 2 is 1.81 bits per heavy atom. The molecule has 5 heteroatoms. The summed E-state index contributed by atoms with van der Waals surface area (Å²) in [5.41, 5.74) is 3.36. The number of rotatable bonds is 3. The van der Waals surface area contributed by atoms with Gasteiger partial charge >= 0.3 is 0 Å². The van der Waals surface area contributed by atoms with Gasteiger partial charge in [0.15, 0.2) is 0 Å². The van der Waals surface area contributed by atoms with Gasteiger partial charge in [-0.2, -0.15) is 0 Å². The lowest BCUT2D eigenvalue weighted by Gasteiger charge is -2.14. The van der Waals surface area contributed by atoms with E-state index in [1.165, 1.54) is 0 Å². The van der Waals surface area contributed by atoms with Crippen LogP contribution in [-0.4, -0.2) is 19.1 Å². The van der Waals surface area contributed by atoms with Crippen LogP contribution in [0.15, 0.2) is 42.5 Å². The molecule has 0 bridgehead atoms. The van der Waals surface area contributed by atoms with Gasteiger partial charge in [-0.3, -0.25) is 0 Å². The van der Waals surface area contributed by atoms with Gasteiger partial charge in [0.05, 0.1) is 10.0 Å². The molecule has 1 atom stereocenters. The normalized spacial score (nSPS) is 17.3. The number of hydrogen-bond acceptors (Lipinski definition) is 2. The van der Waals surface area contributed by atoms with E-state index in [-0.39, 0.29) is 12.4 Å². The van der Waals surface area contributed by atoms with Crippen molar-refractivity contribution in [3.8, 4) is 11.1 Å². The standard InChI is InChI=1S/C16H16Cl2N2.ClH/c17-15-5-4-12(9-16(15)18)11-2-1-3-13(8-11)20-14-6-7-19-10-14;/h1-5,8-9,14,19-20H,6-7,10H2;1H. The molecule has 1 fully saturated rings. The molecule has 2 aromatic carbocycles. The van der Waals surface area contributed by atoms with Crippen LogP contribution >= 0.6 is 35.6 Å². The highest BCUT2D eigenvalue weighted by Gasteiger charge is 2.13. The Hall–Kier alpha value is -0.930. The molecule has 0 amide bonds. The number of hydrogen-bond donors (Lipinski definition) is 2. The Labute approximate surface area is 141 Å². The molecule has 3 rings (SSSR count). The lowest BCUT2D eigenvalue weighted by molar-refractivity contribution is 0.793. The fourth-order valence-corrected chi connectivity index (χ4v) is 2.78. The maximum absolute atomic E-state index is 6.09. The summed E-state index contributed by atoms with van der Waals surface area (Å²) in [5, 5.41) is 8.08. The molecular weight excluding hydrogens is 327 g/mol. The Kier molecular flexibility index (Phi) is 5.77. The second-order valence-electron chi connectivity index (χ2n) is 5.04. The third-order valence-electron chi connectivity index (χ3n) is 3.55. The maximum atomic E-state index is 6.09. The van der Waals surface area contributed by atoms with E-state index >= 15 is 0 Å². The maximum Gasteiger partial charge on any atom is 0.0598 e. The Balaban J connectivity index is 0.00000161. The van der Waals surface area contributed by atoms with E-state index in [1.807, 2.05) is 18.2 Å². The topological polar surface area (TPSA) is 24.1 Å². The smallest absolute Gasteiger partial charge is 0.0598 e. The van der Waals surface area contributed by atoms with Crippen molar-refractivity contribution in [3.63, 3.8) is 0 Å². The van der Waals surface area contributed by atoms with Gasteiger partial charge in [0.25, 0.3) is 0 Å². The summed E-state index contributed by atoms with van der Waals surface area (Å²) in [4.78, 5) is 0. The van der Waals surface area contributed by atoms with E-state index in [2.05, 4.69) is 34.9 Å². The number of benzene rings is 2. The van der Waals surface area contributed by atoms with Crippen LogP contribution in [0.25, 0.3) is 11.1 Å². The van der Waals surface area contributed by atoms with Crippen LogP contribution < -0.4 is 10.6 Å². The minimum absolute atomic E-state index is 0. The van der Waals surface area contributed by atoms with Crippen molar-refractivity contribution in [2.45, 2.75) is 12.5 Å². The Bertz CT molecular complexity index is 610. The largest absolute Gasteiger partial charge is 0.381 e. The van der Waals surface area contributed by atoms with Crippen LogP contribution in [0.5, 0.6) is 0 Å². The zero-order valence-electron chi connectivity index (χ0n) is 11.4. The summed E-state index contributed by atoms with van der Waals surface area (Å²) < 4.78 is 0. The van der Waals surface area contributed by atoms with Crippen LogP contribution in [0.4, 0.5) is 5.69 Å². The molecule has 1 unspecified atom stereocenters. The zero-order chi connectivity index (χ0) is 13.9. The molecule has 0 radical (unpaired) electrons. The summed E-state index contributed by atoms with van der Waals surface area (Å²) >= 11 is 12.0. The quantitative estimate of drug-likeness (QED) is 0.832. The first-order chi connectivity index (χ1) is 9.72. The first-order valence-corrected chi connectivity index (χ1v) is 7.51. The second kappa shape index (κ2) is 7.37. The number of nitrogens with one attached hydrogen (secondary N) is 2. The molecule has 0 saturated carbocycles. The van der Waals surface area contributed by atoms with Crippen LogP contribution in [0.1, 0.15) is 6.42 Å². The van der Waals surface area contributed by atoms with Gasteiger partial charge in [-0.1, -0.05) is 41.4 Å². The van der Waals surface area contributed by atoms with Crippen molar-refractivity contribution >= 4 is 41.3 Å². The monoisotopic (exact) mass is 342 g/mol. The lowest BCUT2D eigenvalue weighted by Crippen LogP contribution is -2.21. The molecule has 0 aliphatic carbocycles. The molecule has 2 N–H and O–H groups in total. The van der Waals surface area contributed by atoms with Crippen LogP contribution in [0.2, 0.25) is 10.0 Å². The van der Waals surface area contributed by atoms with Crippen molar-refractivity contribution < 1.29 is 0 Å². The van der Waals surface area contributed by atoms with Gasteiger partial charge in [0.2, 0.25) is 0 Å². The van der Waals surface area contributed by atoms with Crippen molar-refractivity contribution in [2.24, 2.45) is 0 Å². The van der Waals surface area contributed by atoms with Crippen LogP contribution in [-0.2, 0) is 0 Å². The van der Waals surface area contributed by atoms with Gasteiger partial charge in [-0.25, -0.2) is 0 Å². The first kappa shape index (κ1) is 16.4. The highest BCUT2D eigenvalue weighted by Crippen LogP contribution is 2.29. The molecule has 2 nitrogen and oxygen atoms in total. The number of halogens is 3. The highest BCUT2D eigenvalue weighted by atomic mass is 35.5. The average Bonchev–Trinajstić information content (AvgIpc) is 2.95. The van der Waals surface area contributed by atoms with Gasteiger partial charge in [0.1, 0.15) is 0 Å². The van der Waals surface area contributed by atoms with Crippen molar-refractivity contribution in [1.29, 1.82) is 0 Å². The Morgan fingerprint density at radius 1 is 1.00 bits per heavy atom. The van der Waals surface area contributed by atoms with E-state index in [9.17, 15) is 0 Å². The first-order valence-electron chi connectivity index (χ1n) is 6.75. The van der Waals surface area contributed by atoms with Crippen LogP contribution in [0, 0.1) is 0 Å². The average molecular weight is 344 g/mol. The van der Waals surface area contributed by atoms with Crippen molar-refractivity contribution in [3.05, 3.63) is 52.5 Å². The minimum Gasteiger partial charge on any atom is -0.381 e. The fourth-order valence-electron chi connectivity index (χ4n) is 2.48. The van der Waals surface area contributed by atoms with E-state index < -0.39 is 0 Å². The van der Waals surface area contributed by atoms with Crippen molar-refractivity contribution in [2.75, 3.05) is 18.4 Å². The predicted molar refractivity (Wildman–Crippen MR) is 94.0 cm³/mol. The molecule has 0 aromatic heterocycles. The summed E-state index contributed by atoms with van der Waals surface area (Å²) in [5.74, 6) is 0. The molecule has 0 spiro atoms. The lowest BCUT2D eigenvalue weighted by atomic mass is 10.0. The van der Waals surface area contributed by atoms with Crippen LogP contribution in [0.3, 0.4) is 0 Å². The van der Waals surface area contributed by atoms with E-state index in [0.29, 0.717) is 16.1 Å². The van der Waals surface area contributed by atoms with Crippen molar-refractivity contribution in [1.82, 2.24) is 5.32 Å². The number of anilines is 1. The second-order valence-corrected chi connectivity index (χ2v) is 5.86. The zero-order valence-corrected chi connectivity index (χ0v) is 13.7. The third kappa shape index (κ3) is 4.04. The predicted octanol–water partition coefficient (Wildman–Crippen LogP) is 4.86. The summed E-state index contributed by atoms with van der Waals surface area (Å²) in [7, 11) is 0.